The molecular weight excluding hydrogens is 302 g/mol. The molecule has 0 aliphatic carbocycles. The molecule has 0 bridgehead atoms. The van der Waals surface area contributed by atoms with Crippen molar-refractivity contribution in [3.63, 3.8) is 0 Å². The van der Waals surface area contributed by atoms with Crippen LogP contribution in [0.15, 0.2) is 66.9 Å². The fourth-order valence-electron chi connectivity index (χ4n) is 3.12. The van der Waals surface area contributed by atoms with E-state index >= 15 is 0 Å². The average Bonchev–Trinajstić information content (AvgIpc) is 2.67. The van der Waals surface area contributed by atoms with E-state index in [9.17, 15) is 0 Å². The Morgan fingerprint density at radius 2 is 1.64 bits per heavy atom. The normalized spacial score (nSPS) is 15.6. The molecule has 0 saturated carbocycles. The van der Waals surface area contributed by atoms with Crippen LogP contribution in [0.5, 0.6) is 0 Å². The largest absolute Gasteiger partial charge is 0.213 e. The Kier molecular flexibility index (Phi) is 3.68. The highest BCUT2D eigenvalue weighted by Gasteiger charge is 2.14. The Balaban J connectivity index is 2.06. The SMILES string of the molecule is [2H]C([2H])(C)C([2H])(c1ccc(-c2cc[n+](C)c(-c3ccccc3C)c2)cc1)C([2H])([2H])C. The molecule has 3 aromatic rings. The van der Waals surface area contributed by atoms with Crippen LogP contribution in [0, 0.1) is 6.92 Å². The molecule has 0 atom stereocenters. The first kappa shape index (κ1) is 12.0. The summed E-state index contributed by atoms with van der Waals surface area (Å²) in [6.07, 6.45) is -2.09. The molecule has 0 unspecified atom stereocenters. The molecule has 25 heavy (non-hydrogen) atoms. The summed E-state index contributed by atoms with van der Waals surface area (Å²) in [5.74, 6) is -2.02. The molecule has 1 heterocycles. The number of hydrogen-bond acceptors (Lipinski definition) is 0. The topological polar surface area (TPSA) is 3.88 Å². The van der Waals surface area contributed by atoms with Gasteiger partial charge in [-0.3, -0.25) is 0 Å². The summed E-state index contributed by atoms with van der Waals surface area (Å²) in [6.45, 7) is 4.61. The molecule has 1 aromatic heterocycles. The highest BCUT2D eigenvalue weighted by Crippen LogP contribution is 2.28. The highest BCUT2D eigenvalue weighted by atomic mass is 14.9. The van der Waals surface area contributed by atoms with E-state index in [1.54, 1.807) is 12.1 Å². The van der Waals surface area contributed by atoms with Crippen molar-refractivity contribution < 1.29 is 11.4 Å². The lowest BCUT2D eigenvalue weighted by atomic mass is 9.92. The zero-order valence-electron chi connectivity index (χ0n) is 20.3. The van der Waals surface area contributed by atoms with Gasteiger partial charge in [-0.1, -0.05) is 56.3 Å². The molecule has 3 rings (SSSR count). The number of pyridine rings is 1. The summed E-state index contributed by atoms with van der Waals surface area (Å²) in [7, 11) is 2.01. The molecule has 0 fully saturated rings. The molecule has 1 heteroatoms. The second-order valence-corrected chi connectivity index (χ2v) is 6.18. The molecule has 1 nitrogen and oxygen atoms in total. The third-order valence-electron chi connectivity index (χ3n) is 4.58. The summed E-state index contributed by atoms with van der Waals surface area (Å²) in [4.78, 5) is 0. The maximum atomic E-state index is 8.68. The molecule has 0 N–H and O–H groups in total. The van der Waals surface area contributed by atoms with E-state index in [4.69, 9.17) is 6.85 Å². The zero-order chi connectivity index (χ0) is 22.3. The average molecular weight is 336 g/mol. The van der Waals surface area contributed by atoms with Gasteiger partial charge in [-0.2, -0.15) is 0 Å². The number of hydrogen-bond donors (Lipinski definition) is 0. The van der Waals surface area contributed by atoms with Crippen LogP contribution in [0.1, 0.15) is 50.5 Å². The van der Waals surface area contributed by atoms with Crippen LogP contribution in [0.25, 0.3) is 22.4 Å². The Morgan fingerprint density at radius 3 is 2.28 bits per heavy atom. The van der Waals surface area contributed by atoms with Gasteiger partial charge in [-0.25, -0.2) is 4.57 Å². The Morgan fingerprint density at radius 1 is 0.960 bits per heavy atom. The lowest BCUT2D eigenvalue weighted by molar-refractivity contribution is -0.660. The van der Waals surface area contributed by atoms with Crippen molar-refractivity contribution in [2.24, 2.45) is 7.05 Å². The molecule has 0 aliphatic heterocycles. The molecule has 0 radical (unpaired) electrons. The third-order valence-corrected chi connectivity index (χ3v) is 4.58. The Hall–Kier alpha value is -2.41. The molecule has 2 aromatic carbocycles. The van der Waals surface area contributed by atoms with E-state index in [0.29, 0.717) is 5.56 Å². The van der Waals surface area contributed by atoms with Crippen molar-refractivity contribution in [1.82, 2.24) is 0 Å². The number of aromatic nitrogens is 1. The van der Waals surface area contributed by atoms with Crippen LogP contribution in [-0.4, -0.2) is 0 Å². The Bertz CT molecular complexity index is 1030. The molecule has 0 aliphatic rings. The van der Waals surface area contributed by atoms with E-state index < -0.39 is 18.6 Å². The van der Waals surface area contributed by atoms with Gasteiger partial charge >= 0.3 is 0 Å². The minimum atomic E-state index is -2.05. The van der Waals surface area contributed by atoms with Crippen LogP contribution < -0.4 is 4.57 Å². The lowest BCUT2D eigenvalue weighted by Crippen LogP contribution is -2.30. The van der Waals surface area contributed by atoms with Gasteiger partial charge in [0.25, 0.3) is 0 Å². The summed E-state index contributed by atoms with van der Waals surface area (Å²) in [6, 6.07) is 19.4. The van der Waals surface area contributed by atoms with Gasteiger partial charge in [0, 0.05) is 24.5 Å². The fraction of sp³-hybridized carbons (Fsp3) is 0.292. The summed E-state index contributed by atoms with van der Waals surface area (Å²) < 4.78 is 43.2. The first-order valence-corrected chi connectivity index (χ1v) is 8.53. The van der Waals surface area contributed by atoms with Crippen LogP contribution in [0.3, 0.4) is 0 Å². The molecular formula is C24H28N+. The minimum Gasteiger partial charge on any atom is -0.201 e. The first-order valence-electron chi connectivity index (χ1n) is 11.0. The van der Waals surface area contributed by atoms with Gasteiger partial charge in [-0.05, 0) is 53.9 Å². The fourth-order valence-corrected chi connectivity index (χ4v) is 3.12. The third kappa shape index (κ3) is 3.66. The maximum absolute atomic E-state index is 8.68. The Labute approximate surface area is 159 Å². The first-order chi connectivity index (χ1) is 13.9. The van der Waals surface area contributed by atoms with Gasteiger partial charge in [0.1, 0.15) is 7.05 Å². The highest BCUT2D eigenvalue weighted by molar-refractivity contribution is 5.70. The summed E-state index contributed by atoms with van der Waals surface area (Å²) >= 11 is 0. The van der Waals surface area contributed by atoms with Crippen molar-refractivity contribution in [1.29, 1.82) is 0 Å². The summed E-state index contributed by atoms with van der Waals surface area (Å²) in [5.41, 5.74) is 5.69. The number of nitrogens with zero attached hydrogens (tertiary/aromatic N) is 1. The number of benzene rings is 2. The molecule has 128 valence electrons. The molecule has 0 amide bonds. The standard InChI is InChI=1S/C24H28N/c1-5-19(6-2)20-11-13-21(14-12-20)22-15-16-25(4)24(17-22)23-10-8-7-9-18(23)3/h7-17,19H,5-6H2,1-4H3/q+1/i5D2,6D2,19D. The number of aryl methyl sites for hydroxylation is 2. The second kappa shape index (κ2) is 7.65. The van der Waals surface area contributed by atoms with Gasteiger partial charge in [-0.15, -0.1) is 0 Å². The number of rotatable bonds is 5. The van der Waals surface area contributed by atoms with Crippen LogP contribution in [-0.2, 0) is 7.05 Å². The van der Waals surface area contributed by atoms with Crippen molar-refractivity contribution in [3.8, 4) is 22.4 Å². The van der Waals surface area contributed by atoms with E-state index in [-0.39, 0.29) is 0 Å². The maximum Gasteiger partial charge on any atom is 0.213 e. The van der Waals surface area contributed by atoms with Crippen LogP contribution >= 0.6 is 0 Å². The predicted molar refractivity (Wildman–Crippen MR) is 107 cm³/mol. The van der Waals surface area contributed by atoms with E-state index in [1.165, 1.54) is 19.4 Å². The van der Waals surface area contributed by atoms with E-state index in [2.05, 4.69) is 29.7 Å². The lowest BCUT2D eigenvalue weighted by Gasteiger charge is -2.13. The van der Waals surface area contributed by atoms with Crippen molar-refractivity contribution in [2.45, 2.75) is 39.4 Å². The molecule has 0 saturated heterocycles. The zero-order valence-corrected chi connectivity index (χ0v) is 15.3. The van der Waals surface area contributed by atoms with Crippen molar-refractivity contribution in [2.75, 3.05) is 0 Å². The van der Waals surface area contributed by atoms with Crippen LogP contribution in [0.4, 0.5) is 0 Å². The quantitative estimate of drug-likeness (QED) is 0.499. The summed E-state index contributed by atoms with van der Waals surface area (Å²) in [5, 5.41) is 0. The van der Waals surface area contributed by atoms with E-state index in [1.807, 2.05) is 43.6 Å². The van der Waals surface area contributed by atoms with Gasteiger partial charge in [0.2, 0.25) is 5.69 Å². The molecule has 0 spiro atoms. The van der Waals surface area contributed by atoms with Gasteiger partial charge in [0.15, 0.2) is 6.20 Å². The predicted octanol–water partition coefficient (Wildman–Crippen LogP) is 6.06. The van der Waals surface area contributed by atoms with Gasteiger partial charge < -0.3 is 0 Å². The van der Waals surface area contributed by atoms with Crippen molar-refractivity contribution in [3.05, 3.63) is 78.0 Å². The minimum absolute atomic E-state index is 0.326. The monoisotopic (exact) mass is 335 g/mol. The van der Waals surface area contributed by atoms with Crippen molar-refractivity contribution >= 4 is 0 Å². The smallest absolute Gasteiger partial charge is 0.201 e. The van der Waals surface area contributed by atoms with Gasteiger partial charge in [0.05, 0.1) is 0 Å². The van der Waals surface area contributed by atoms with E-state index in [0.717, 1.165) is 22.4 Å². The van der Waals surface area contributed by atoms with Crippen LogP contribution in [0.2, 0.25) is 0 Å². The second-order valence-electron chi connectivity index (χ2n) is 6.18.